The second-order valence-electron chi connectivity index (χ2n) is 4.23. The number of rotatable bonds is 2. The van der Waals surface area contributed by atoms with Crippen molar-refractivity contribution in [3.63, 3.8) is 0 Å². The highest BCUT2D eigenvalue weighted by atomic mass is 16.1. The summed E-state index contributed by atoms with van der Waals surface area (Å²) in [4.78, 5) is 19.1. The van der Waals surface area contributed by atoms with E-state index in [1.807, 2.05) is 60.7 Å². The van der Waals surface area contributed by atoms with Crippen molar-refractivity contribution in [2.24, 2.45) is 4.99 Å². The Labute approximate surface area is 110 Å². The molecule has 0 aliphatic rings. The van der Waals surface area contributed by atoms with Gasteiger partial charge in [-0.3, -0.25) is 9.79 Å². The van der Waals surface area contributed by atoms with Gasteiger partial charge in [-0.15, -0.1) is 0 Å². The molecule has 0 bridgehead atoms. The van der Waals surface area contributed by atoms with Crippen LogP contribution in [0.15, 0.2) is 70.5 Å². The first kappa shape index (κ1) is 11.4. The van der Waals surface area contributed by atoms with Crippen LogP contribution < -0.4 is 5.56 Å². The van der Waals surface area contributed by atoms with E-state index in [1.54, 1.807) is 6.21 Å². The van der Waals surface area contributed by atoms with Gasteiger partial charge >= 0.3 is 0 Å². The molecule has 92 valence electrons. The Bertz CT molecular complexity index is 788. The van der Waals surface area contributed by atoms with Gasteiger partial charge in [0.05, 0.1) is 11.3 Å². The number of para-hydroxylation sites is 2. The molecule has 0 spiro atoms. The van der Waals surface area contributed by atoms with Crippen LogP contribution in [0.4, 0.5) is 5.69 Å². The normalized spacial score (nSPS) is 11.2. The molecular weight excluding hydrogens is 236 g/mol. The highest BCUT2D eigenvalue weighted by Crippen LogP contribution is 2.11. The summed E-state index contributed by atoms with van der Waals surface area (Å²) in [6, 6.07) is 19.1. The topological polar surface area (TPSA) is 45.2 Å². The molecule has 3 aromatic rings. The Morgan fingerprint density at radius 3 is 2.53 bits per heavy atom. The van der Waals surface area contributed by atoms with Gasteiger partial charge in [-0.2, -0.15) is 0 Å². The number of aliphatic imine (C=N–C) groups is 1. The van der Waals surface area contributed by atoms with Gasteiger partial charge in [0, 0.05) is 11.7 Å². The van der Waals surface area contributed by atoms with E-state index in [-0.39, 0.29) is 5.56 Å². The van der Waals surface area contributed by atoms with Crippen LogP contribution in [-0.4, -0.2) is 11.2 Å². The molecule has 2 aromatic carbocycles. The molecule has 3 heteroatoms. The van der Waals surface area contributed by atoms with Gasteiger partial charge in [-0.05, 0) is 29.7 Å². The van der Waals surface area contributed by atoms with Crippen molar-refractivity contribution >= 4 is 22.8 Å². The minimum Gasteiger partial charge on any atom is -0.321 e. The van der Waals surface area contributed by atoms with Crippen LogP contribution in [0.3, 0.4) is 0 Å². The van der Waals surface area contributed by atoms with Gasteiger partial charge < -0.3 is 4.98 Å². The number of hydrogen-bond donors (Lipinski definition) is 1. The maximum atomic E-state index is 11.9. The van der Waals surface area contributed by atoms with Gasteiger partial charge in [0.25, 0.3) is 5.56 Å². The number of pyridine rings is 1. The molecule has 0 amide bonds. The molecule has 1 heterocycles. The van der Waals surface area contributed by atoms with Crippen LogP contribution >= 0.6 is 0 Å². The van der Waals surface area contributed by atoms with Crippen molar-refractivity contribution in [1.82, 2.24) is 4.98 Å². The molecule has 0 saturated heterocycles. The van der Waals surface area contributed by atoms with Crippen molar-refractivity contribution < 1.29 is 0 Å². The molecule has 0 radical (unpaired) electrons. The molecule has 1 N–H and O–H groups in total. The van der Waals surface area contributed by atoms with Crippen LogP contribution in [0.25, 0.3) is 10.9 Å². The Balaban J connectivity index is 2.04. The van der Waals surface area contributed by atoms with E-state index in [0.29, 0.717) is 5.56 Å². The summed E-state index contributed by atoms with van der Waals surface area (Å²) >= 11 is 0. The minimum atomic E-state index is -0.126. The third-order valence-corrected chi connectivity index (χ3v) is 2.89. The molecule has 19 heavy (non-hydrogen) atoms. The lowest BCUT2D eigenvalue weighted by atomic mass is 10.2. The van der Waals surface area contributed by atoms with Gasteiger partial charge in [0.15, 0.2) is 0 Å². The van der Waals surface area contributed by atoms with Crippen LogP contribution in [0, 0.1) is 0 Å². The summed E-state index contributed by atoms with van der Waals surface area (Å²) in [5, 5.41) is 0.997. The van der Waals surface area contributed by atoms with E-state index >= 15 is 0 Å². The van der Waals surface area contributed by atoms with E-state index in [1.165, 1.54) is 0 Å². The Morgan fingerprint density at radius 1 is 0.947 bits per heavy atom. The molecule has 0 atom stereocenters. The smallest absolute Gasteiger partial charge is 0.257 e. The molecular formula is C16H12N2O. The van der Waals surface area contributed by atoms with Crippen LogP contribution in [-0.2, 0) is 0 Å². The zero-order valence-corrected chi connectivity index (χ0v) is 10.2. The number of fused-ring (bicyclic) bond motifs is 1. The predicted molar refractivity (Wildman–Crippen MR) is 78.3 cm³/mol. The number of aromatic amines is 1. The SMILES string of the molecule is O=c1[nH]c2ccccc2cc1C=Nc1ccccc1. The summed E-state index contributed by atoms with van der Waals surface area (Å²) in [6.07, 6.45) is 1.60. The van der Waals surface area contributed by atoms with E-state index in [4.69, 9.17) is 0 Å². The summed E-state index contributed by atoms with van der Waals surface area (Å²) in [7, 11) is 0. The second kappa shape index (κ2) is 4.90. The van der Waals surface area contributed by atoms with Gasteiger partial charge in [-0.1, -0.05) is 36.4 Å². The third kappa shape index (κ3) is 2.45. The number of hydrogen-bond acceptors (Lipinski definition) is 2. The van der Waals surface area contributed by atoms with Gasteiger partial charge in [-0.25, -0.2) is 0 Å². The number of nitrogens with one attached hydrogen (secondary N) is 1. The van der Waals surface area contributed by atoms with Crippen LogP contribution in [0.2, 0.25) is 0 Å². The summed E-state index contributed by atoms with van der Waals surface area (Å²) in [5.41, 5.74) is 2.10. The average molecular weight is 248 g/mol. The lowest BCUT2D eigenvalue weighted by molar-refractivity contribution is 1.29. The largest absolute Gasteiger partial charge is 0.321 e. The van der Waals surface area contributed by atoms with E-state index in [0.717, 1.165) is 16.6 Å². The predicted octanol–water partition coefficient (Wildman–Crippen LogP) is 3.28. The molecule has 1 aromatic heterocycles. The van der Waals surface area contributed by atoms with E-state index < -0.39 is 0 Å². The summed E-state index contributed by atoms with van der Waals surface area (Å²) < 4.78 is 0. The second-order valence-corrected chi connectivity index (χ2v) is 4.23. The first-order valence-corrected chi connectivity index (χ1v) is 6.04. The summed E-state index contributed by atoms with van der Waals surface area (Å²) in [5.74, 6) is 0. The number of nitrogens with zero attached hydrogens (tertiary/aromatic N) is 1. The zero-order chi connectivity index (χ0) is 13.1. The monoisotopic (exact) mass is 248 g/mol. The Hall–Kier alpha value is -2.68. The molecule has 0 aliphatic heterocycles. The van der Waals surface area contributed by atoms with Crippen molar-refractivity contribution in [2.45, 2.75) is 0 Å². The highest BCUT2D eigenvalue weighted by molar-refractivity contribution is 5.88. The number of H-pyrrole nitrogens is 1. The van der Waals surface area contributed by atoms with Gasteiger partial charge in [0.1, 0.15) is 0 Å². The molecule has 0 aliphatic carbocycles. The van der Waals surface area contributed by atoms with Crippen LogP contribution in [0.1, 0.15) is 5.56 Å². The lowest BCUT2D eigenvalue weighted by Crippen LogP contribution is -2.11. The number of benzene rings is 2. The van der Waals surface area contributed by atoms with Crippen molar-refractivity contribution in [3.05, 3.63) is 76.6 Å². The number of aromatic nitrogens is 1. The van der Waals surface area contributed by atoms with Crippen molar-refractivity contribution in [1.29, 1.82) is 0 Å². The molecule has 0 fully saturated rings. The maximum absolute atomic E-state index is 11.9. The van der Waals surface area contributed by atoms with E-state index in [2.05, 4.69) is 9.98 Å². The fourth-order valence-electron chi connectivity index (χ4n) is 1.92. The first-order chi connectivity index (χ1) is 9.33. The quantitative estimate of drug-likeness (QED) is 0.695. The minimum absolute atomic E-state index is 0.126. The first-order valence-electron chi connectivity index (χ1n) is 6.04. The lowest BCUT2D eigenvalue weighted by Gasteiger charge is -1.98. The average Bonchev–Trinajstić information content (AvgIpc) is 2.46. The maximum Gasteiger partial charge on any atom is 0.257 e. The molecule has 3 nitrogen and oxygen atoms in total. The molecule has 0 unspecified atom stereocenters. The highest BCUT2D eigenvalue weighted by Gasteiger charge is 1.99. The molecule has 0 saturated carbocycles. The van der Waals surface area contributed by atoms with E-state index in [9.17, 15) is 4.79 Å². The van der Waals surface area contributed by atoms with Gasteiger partial charge in [0.2, 0.25) is 0 Å². The standard InChI is InChI=1S/C16H12N2O/c19-16-13(11-17-14-7-2-1-3-8-14)10-12-6-4-5-9-15(12)18-16/h1-11H,(H,18,19). The van der Waals surface area contributed by atoms with Crippen LogP contribution in [0.5, 0.6) is 0 Å². The Kier molecular flexibility index (Phi) is 2.94. The Morgan fingerprint density at radius 2 is 1.68 bits per heavy atom. The summed E-state index contributed by atoms with van der Waals surface area (Å²) in [6.45, 7) is 0. The molecule has 3 rings (SSSR count). The fourth-order valence-corrected chi connectivity index (χ4v) is 1.92. The zero-order valence-electron chi connectivity index (χ0n) is 10.2. The van der Waals surface area contributed by atoms with Crippen molar-refractivity contribution in [3.8, 4) is 0 Å². The van der Waals surface area contributed by atoms with Crippen molar-refractivity contribution in [2.75, 3.05) is 0 Å². The fraction of sp³-hybridized carbons (Fsp3) is 0. The third-order valence-electron chi connectivity index (χ3n) is 2.89.